The SMILES string of the molecule is CCc1nnc2sc(-c3ccc(C)c(NC(=O)c4ccccc4OC)c3)nn12. The molecule has 2 aromatic carbocycles. The third kappa shape index (κ3) is 3.22. The molecule has 4 aromatic rings. The van der Waals surface area contributed by atoms with Crippen LogP contribution in [-0.4, -0.2) is 32.8 Å². The summed E-state index contributed by atoms with van der Waals surface area (Å²) < 4.78 is 7.06. The van der Waals surface area contributed by atoms with Gasteiger partial charge in [0, 0.05) is 17.7 Å². The van der Waals surface area contributed by atoms with Gasteiger partial charge < -0.3 is 10.1 Å². The number of hydrogen-bond donors (Lipinski definition) is 1. The molecular weight excluding hydrogens is 374 g/mol. The number of amides is 1. The average molecular weight is 393 g/mol. The Kier molecular flexibility index (Phi) is 4.79. The number of methoxy groups -OCH3 is 1. The zero-order valence-electron chi connectivity index (χ0n) is 15.8. The second-order valence-corrected chi connectivity index (χ2v) is 7.21. The van der Waals surface area contributed by atoms with Crippen molar-refractivity contribution in [1.29, 1.82) is 0 Å². The number of benzene rings is 2. The molecule has 0 saturated heterocycles. The van der Waals surface area contributed by atoms with Crippen molar-refractivity contribution in [2.45, 2.75) is 20.3 Å². The van der Waals surface area contributed by atoms with Crippen molar-refractivity contribution < 1.29 is 9.53 Å². The van der Waals surface area contributed by atoms with Crippen LogP contribution in [0.2, 0.25) is 0 Å². The molecule has 1 amide bonds. The van der Waals surface area contributed by atoms with Gasteiger partial charge in [-0.25, -0.2) is 0 Å². The van der Waals surface area contributed by atoms with Crippen LogP contribution in [0.5, 0.6) is 5.75 Å². The molecule has 0 aliphatic carbocycles. The number of aryl methyl sites for hydroxylation is 2. The number of fused-ring (bicyclic) bond motifs is 1. The largest absolute Gasteiger partial charge is 0.496 e. The zero-order chi connectivity index (χ0) is 19.7. The van der Waals surface area contributed by atoms with Crippen molar-refractivity contribution in [3.8, 4) is 16.3 Å². The van der Waals surface area contributed by atoms with Gasteiger partial charge in [-0.05, 0) is 30.7 Å². The first kappa shape index (κ1) is 18.1. The summed E-state index contributed by atoms with van der Waals surface area (Å²) in [6.07, 6.45) is 0.762. The number of nitrogens with one attached hydrogen (secondary N) is 1. The number of ether oxygens (including phenoxy) is 1. The summed E-state index contributed by atoms with van der Waals surface area (Å²) in [7, 11) is 1.55. The van der Waals surface area contributed by atoms with Crippen molar-refractivity contribution >= 4 is 27.9 Å². The summed E-state index contributed by atoms with van der Waals surface area (Å²) in [6, 6.07) is 13.0. The van der Waals surface area contributed by atoms with Crippen molar-refractivity contribution in [2.24, 2.45) is 0 Å². The Morgan fingerprint density at radius 1 is 1.21 bits per heavy atom. The van der Waals surface area contributed by atoms with Gasteiger partial charge in [0.2, 0.25) is 4.96 Å². The highest BCUT2D eigenvalue weighted by Crippen LogP contribution is 2.30. The Hall–Kier alpha value is -3.26. The van der Waals surface area contributed by atoms with Crippen LogP contribution in [0.15, 0.2) is 42.5 Å². The van der Waals surface area contributed by atoms with Gasteiger partial charge in [-0.1, -0.05) is 42.5 Å². The Morgan fingerprint density at radius 2 is 2.04 bits per heavy atom. The van der Waals surface area contributed by atoms with E-state index in [2.05, 4.69) is 20.6 Å². The van der Waals surface area contributed by atoms with Gasteiger partial charge in [-0.2, -0.15) is 9.61 Å². The molecule has 0 spiro atoms. The van der Waals surface area contributed by atoms with Crippen molar-refractivity contribution in [1.82, 2.24) is 19.8 Å². The van der Waals surface area contributed by atoms with Crippen LogP contribution in [0, 0.1) is 6.92 Å². The second-order valence-electron chi connectivity index (χ2n) is 6.26. The lowest BCUT2D eigenvalue weighted by Gasteiger charge is -2.12. The summed E-state index contributed by atoms with van der Waals surface area (Å²) >= 11 is 1.47. The highest BCUT2D eigenvalue weighted by molar-refractivity contribution is 7.19. The third-order valence-corrected chi connectivity index (χ3v) is 5.40. The molecule has 7 nitrogen and oxygen atoms in total. The number of anilines is 1. The van der Waals surface area contributed by atoms with Crippen LogP contribution in [-0.2, 0) is 6.42 Å². The van der Waals surface area contributed by atoms with E-state index in [9.17, 15) is 4.79 Å². The van der Waals surface area contributed by atoms with Crippen molar-refractivity contribution in [3.05, 3.63) is 59.4 Å². The third-order valence-electron chi connectivity index (χ3n) is 4.46. The first-order valence-corrected chi connectivity index (χ1v) is 9.69. The lowest BCUT2D eigenvalue weighted by molar-refractivity contribution is 0.102. The van der Waals surface area contributed by atoms with E-state index in [-0.39, 0.29) is 5.91 Å². The number of nitrogens with zero attached hydrogens (tertiary/aromatic N) is 4. The number of para-hydroxylation sites is 1. The minimum Gasteiger partial charge on any atom is -0.496 e. The molecule has 8 heteroatoms. The minimum atomic E-state index is -0.218. The number of aromatic nitrogens is 4. The van der Waals surface area contributed by atoms with Gasteiger partial charge in [0.25, 0.3) is 5.91 Å². The van der Waals surface area contributed by atoms with E-state index in [4.69, 9.17) is 4.74 Å². The number of hydrogen-bond acceptors (Lipinski definition) is 6. The van der Waals surface area contributed by atoms with Gasteiger partial charge in [0.15, 0.2) is 5.82 Å². The highest BCUT2D eigenvalue weighted by Gasteiger charge is 2.15. The number of rotatable bonds is 5. The van der Waals surface area contributed by atoms with Crippen LogP contribution in [0.3, 0.4) is 0 Å². The molecule has 0 aliphatic rings. The maximum Gasteiger partial charge on any atom is 0.259 e. The van der Waals surface area contributed by atoms with Gasteiger partial charge >= 0.3 is 0 Å². The molecule has 1 N–H and O–H groups in total. The van der Waals surface area contributed by atoms with Crippen LogP contribution in [0.4, 0.5) is 5.69 Å². The van der Waals surface area contributed by atoms with E-state index in [1.54, 1.807) is 23.8 Å². The van der Waals surface area contributed by atoms with Crippen LogP contribution >= 0.6 is 11.3 Å². The van der Waals surface area contributed by atoms with E-state index in [1.807, 2.05) is 44.2 Å². The highest BCUT2D eigenvalue weighted by atomic mass is 32.1. The van der Waals surface area contributed by atoms with E-state index in [1.165, 1.54) is 11.3 Å². The first-order valence-electron chi connectivity index (χ1n) is 8.87. The van der Waals surface area contributed by atoms with Crippen LogP contribution in [0.1, 0.15) is 28.7 Å². The van der Waals surface area contributed by atoms with Gasteiger partial charge in [0.05, 0.1) is 12.7 Å². The monoisotopic (exact) mass is 393 g/mol. The number of carbonyl (C=O) groups is 1. The van der Waals surface area contributed by atoms with E-state index in [0.717, 1.165) is 39.0 Å². The molecule has 142 valence electrons. The minimum absolute atomic E-state index is 0.218. The van der Waals surface area contributed by atoms with Gasteiger partial charge in [0.1, 0.15) is 10.8 Å². The predicted molar refractivity (Wildman–Crippen MR) is 109 cm³/mol. The summed E-state index contributed by atoms with van der Waals surface area (Å²) in [5, 5.41) is 16.7. The Bertz CT molecular complexity index is 1160. The summed E-state index contributed by atoms with van der Waals surface area (Å²) in [4.78, 5) is 13.5. The van der Waals surface area contributed by atoms with Crippen LogP contribution in [0.25, 0.3) is 15.5 Å². The van der Waals surface area contributed by atoms with E-state index in [0.29, 0.717) is 11.3 Å². The summed E-state index contributed by atoms with van der Waals surface area (Å²) in [5.74, 6) is 1.15. The lowest BCUT2D eigenvalue weighted by atomic mass is 10.1. The van der Waals surface area contributed by atoms with Gasteiger partial charge in [-0.15, -0.1) is 10.2 Å². The molecular formula is C20H19N5O2S. The maximum atomic E-state index is 12.8. The molecule has 28 heavy (non-hydrogen) atoms. The maximum absolute atomic E-state index is 12.8. The molecule has 0 saturated carbocycles. The van der Waals surface area contributed by atoms with E-state index >= 15 is 0 Å². The Balaban J connectivity index is 1.66. The fourth-order valence-electron chi connectivity index (χ4n) is 2.91. The molecule has 2 heterocycles. The standard InChI is InChI=1S/C20H19N5O2S/c1-4-17-22-23-20-25(17)24-19(28-20)13-10-9-12(2)15(11-13)21-18(26)14-7-5-6-8-16(14)27-3/h5-11H,4H2,1-3H3,(H,21,26). The fraction of sp³-hybridized carbons (Fsp3) is 0.200. The van der Waals surface area contributed by atoms with Crippen molar-refractivity contribution in [2.75, 3.05) is 12.4 Å². The molecule has 0 aliphatic heterocycles. The molecule has 0 fully saturated rings. The lowest BCUT2D eigenvalue weighted by Crippen LogP contribution is -2.14. The van der Waals surface area contributed by atoms with Crippen molar-refractivity contribution in [3.63, 3.8) is 0 Å². The molecule has 0 bridgehead atoms. The molecule has 2 aromatic heterocycles. The molecule has 0 unspecified atom stereocenters. The zero-order valence-corrected chi connectivity index (χ0v) is 16.6. The Morgan fingerprint density at radius 3 is 2.82 bits per heavy atom. The first-order chi connectivity index (χ1) is 13.6. The average Bonchev–Trinajstić information content (AvgIpc) is 3.30. The summed E-state index contributed by atoms with van der Waals surface area (Å²) in [5.41, 5.74) is 3.10. The molecule has 0 radical (unpaired) electrons. The molecule has 0 atom stereocenters. The second kappa shape index (κ2) is 7.40. The quantitative estimate of drug-likeness (QED) is 0.555. The normalized spacial score (nSPS) is 11.0. The van der Waals surface area contributed by atoms with Gasteiger partial charge in [-0.3, -0.25) is 4.79 Å². The van der Waals surface area contributed by atoms with E-state index < -0.39 is 0 Å². The summed E-state index contributed by atoms with van der Waals surface area (Å²) in [6.45, 7) is 3.97. The smallest absolute Gasteiger partial charge is 0.259 e. The Labute approximate surface area is 166 Å². The number of carbonyl (C=O) groups excluding carboxylic acids is 1. The van der Waals surface area contributed by atoms with Crippen LogP contribution < -0.4 is 10.1 Å². The topological polar surface area (TPSA) is 81.4 Å². The molecule has 4 rings (SSSR count). The predicted octanol–water partition coefficient (Wildman–Crippen LogP) is 3.98. The fourth-order valence-corrected chi connectivity index (χ4v) is 3.76.